The van der Waals surface area contributed by atoms with Gasteiger partial charge in [-0.2, -0.15) is 0 Å². The van der Waals surface area contributed by atoms with Gasteiger partial charge in [0.2, 0.25) is 5.91 Å². The largest absolute Gasteiger partial charge is 0.394 e. The van der Waals surface area contributed by atoms with Crippen molar-refractivity contribution in [3.05, 3.63) is 28.1 Å². The molecule has 0 spiro atoms. The number of carbonyl (C=O) groups excluding carboxylic acids is 1. The quantitative estimate of drug-likeness (QED) is 0.837. The lowest BCUT2D eigenvalue weighted by Gasteiger charge is -2.30. The number of fused-ring (bicyclic) bond motifs is 1. The van der Waals surface area contributed by atoms with Crippen LogP contribution in [-0.4, -0.2) is 32.7 Å². The smallest absolute Gasteiger partial charge is 0.262 e. The summed E-state index contributed by atoms with van der Waals surface area (Å²) in [4.78, 5) is 29.2. The van der Waals surface area contributed by atoms with Gasteiger partial charge in [0.1, 0.15) is 11.4 Å². The van der Waals surface area contributed by atoms with Crippen LogP contribution in [0.1, 0.15) is 26.7 Å². The second-order valence-corrected chi connectivity index (χ2v) is 5.91. The molecule has 0 unspecified atom stereocenters. The molecular formula is C14H19N3O3S. The van der Waals surface area contributed by atoms with Crippen molar-refractivity contribution in [2.75, 3.05) is 6.61 Å². The van der Waals surface area contributed by atoms with E-state index in [9.17, 15) is 14.7 Å². The number of aliphatic hydroxyl groups is 1. The Kier molecular flexibility index (Phi) is 4.74. The Morgan fingerprint density at radius 1 is 1.48 bits per heavy atom. The maximum Gasteiger partial charge on any atom is 0.262 e. The maximum absolute atomic E-state index is 12.2. The van der Waals surface area contributed by atoms with E-state index in [4.69, 9.17) is 0 Å². The molecule has 0 aliphatic heterocycles. The zero-order valence-corrected chi connectivity index (χ0v) is 12.9. The number of nitrogens with zero attached hydrogens (tertiary/aromatic N) is 2. The number of hydrogen-bond donors (Lipinski definition) is 2. The summed E-state index contributed by atoms with van der Waals surface area (Å²) >= 11 is 1.39. The summed E-state index contributed by atoms with van der Waals surface area (Å²) in [6.45, 7) is 3.60. The summed E-state index contributed by atoms with van der Waals surface area (Å²) in [5.74, 6) is -0.300. The van der Waals surface area contributed by atoms with Crippen molar-refractivity contribution < 1.29 is 9.90 Å². The van der Waals surface area contributed by atoms with Crippen molar-refractivity contribution in [3.63, 3.8) is 0 Å². The number of aromatic nitrogens is 2. The van der Waals surface area contributed by atoms with Crippen molar-refractivity contribution in [2.24, 2.45) is 0 Å². The lowest BCUT2D eigenvalue weighted by atomic mass is 9.94. The molecule has 0 fully saturated rings. The van der Waals surface area contributed by atoms with E-state index in [1.54, 1.807) is 11.4 Å². The molecule has 0 saturated carbocycles. The third-order valence-corrected chi connectivity index (χ3v) is 4.65. The summed E-state index contributed by atoms with van der Waals surface area (Å²) < 4.78 is 1.29. The van der Waals surface area contributed by atoms with Gasteiger partial charge in [-0.15, -0.1) is 11.3 Å². The molecule has 2 heterocycles. The molecule has 2 aromatic heterocycles. The van der Waals surface area contributed by atoms with E-state index in [0.29, 0.717) is 23.1 Å². The number of aliphatic hydroxyl groups excluding tert-OH is 1. The molecule has 6 nitrogen and oxygen atoms in total. The van der Waals surface area contributed by atoms with E-state index in [0.717, 1.165) is 0 Å². The van der Waals surface area contributed by atoms with Gasteiger partial charge in [0.05, 0.1) is 23.9 Å². The van der Waals surface area contributed by atoms with Crippen LogP contribution in [0.5, 0.6) is 0 Å². The molecule has 2 rings (SSSR count). The predicted octanol–water partition coefficient (Wildman–Crippen LogP) is 1.13. The fourth-order valence-corrected chi connectivity index (χ4v) is 2.91. The van der Waals surface area contributed by atoms with Crippen molar-refractivity contribution in [2.45, 2.75) is 38.8 Å². The first-order valence-electron chi connectivity index (χ1n) is 6.89. The SMILES string of the molecule is CCC(CC)(CO)NC(=O)Cn1cnc2sccc2c1=O. The van der Waals surface area contributed by atoms with E-state index < -0.39 is 5.54 Å². The van der Waals surface area contributed by atoms with Crippen LogP contribution in [-0.2, 0) is 11.3 Å². The number of thiophene rings is 1. The molecule has 2 aromatic rings. The minimum absolute atomic E-state index is 0.0978. The fourth-order valence-electron chi connectivity index (χ4n) is 2.19. The van der Waals surface area contributed by atoms with Gasteiger partial charge >= 0.3 is 0 Å². The Hall–Kier alpha value is -1.73. The highest BCUT2D eigenvalue weighted by molar-refractivity contribution is 7.16. The molecule has 0 radical (unpaired) electrons. The first-order chi connectivity index (χ1) is 10.0. The van der Waals surface area contributed by atoms with Crippen LogP contribution < -0.4 is 10.9 Å². The number of amides is 1. The average Bonchev–Trinajstić information content (AvgIpc) is 2.97. The van der Waals surface area contributed by atoms with E-state index in [1.165, 1.54) is 22.2 Å². The number of carbonyl (C=O) groups is 1. The van der Waals surface area contributed by atoms with E-state index >= 15 is 0 Å². The van der Waals surface area contributed by atoms with Crippen molar-refractivity contribution in [1.29, 1.82) is 0 Å². The van der Waals surface area contributed by atoms with Gasteiger partial charge in [-0.3, -0.25) is 14.2 Å². The molecular weight excluding hydrogens is 290 g/mol. The minimum atomic E-state index is -0.624. The lowest BCUT2D eigenvalue weighted by Crippen LogP contribution is -2.51. The maximum atomic E-state index is 12.2. The van der Waals surface area contributed by atoms with Gasteiger partial charge in [0.25, 0.3) is 5.56 Å². The van der Waals surface area contributed by atoms with Crippen LogP contribution in [0, 0.1) is 0 Å². The standard InChI is InChI=1S/C14H19N3O3S/c1-3-14(4-2,8-18)16-11(19)7-17-9-15-12-10(13(17)20)5-6-21-12/h5-6,9,18H,3-4,7-8H2,1-2H3,(H,16,19). The minimum Gasteiger partial charge on any atom is -0.394 e. The summed E-state index contributed by atoms with van der Waals surface area (Å²) in [6.07, 6.45) is 2.64. The first kappa shape index (κ1) is 15.7. The monoisotopic (exact) mass is 309 g/mol. The molecule has 0 bridgehead atoms. The van der Waals surface area contributed by atoms with Gasteiger partial charge < -0.3 is 10.4 Å². The predicted molar refractivity (Wildman–Crippen MR) is 82.4 cm³/mol. The van der Waals surface area contributed by atoms with Gasteiger partial charge in [-0.05, 0) is 24.3 Å². The van der Waals surface area contributed by atoms with Crippen LogP contribution >= 0.6 is 11.3 Å². The van der Waals surface area contributed by atoms with Crippen LogP contribution in [0.15, 0.2) is 22.6 Å². The Labute approximate surface area is 126 Å². The molecule has 7 heteroatoms. The van der Waals surface area contributed by atoms with Crippen LogP contribution in [0.25, 0.3) is 10.2 Å². The Balaban J connectivity index is 2.18. The lowest BCUT2D eigenvalue weighted by molar-refractivity contribution is -0.124. The van der Waals surface area contributed by atoms with E-state index in [-0.39, 0.29) is 24.6 Å². The summed E-state index contributed by atoms with van der Waals surface area (Å²) in [5, 5.41) is 14.6. The molecule has 0 atom stereocenters. The Bertz CT molecular complexity index is 680. The fraction of sp³-hybridized carbons (Fsp3) is 0.500. The average molecular weight is 309 g/mol. The Morgan fingerprint density at radius 3 is 2.81 bits per heavy atom. The van der Waals surface area contributed by atoms with Crippen LogP contribution in [0.2, 0.25) is 0 Å². The van der Waals surface area contributed by atoms with E-state index in [1.807, 2.05) is 13.8 Å². The second-order valence-electron chi connectivity index (χ2n) is 5.01. The van der Waals surface area contributed by atoms with E-state index in [2.05, 4.69) is 10.3 Å². The molecule has 2 N–H and O–H groups in total. The first-order valence-corrected chi connectivity index (χ1v) is 7.77. The summed E-state index contributed by atoms with van der Waals surface area (Å²) in [7, 11) is 0. The number of nitrogens with one attached hydrogen (secondary N) is 1. The molecule has 0 aliphatic rings. The molecule has 21 heavy (non-hydrogen) atoms. The zero-order valence-electron chi connectivity index (χ0n) is 12.1. The second kappa shape index (κ2) is 6.36. The van der Waals surface area contributed by atoms with Gasteiger partial charge in [0.15, 0.2) is 0 Å². The van der Waals surface area contributed by atoms with Crippen LogP contribution in [0.4, 0.5) is 0 Å². The zero-order chi connectivity index (χ0) is 15.5. The normalized spacial score (nSPS) is 11.8. The highest BCUT2D eigenvalue weighted by Crippen LogP contribution is 2.15. The van der Waals surface area contributed by atoms with Crippen molar-refractivity contribution >= 4 is 27.5 Å². The van der Waals surface area contributed by atoms with Gasteiger partial charge in [-0.25, -0.2) is 4.98 Å². The third-order valence-electron chi connectivity index (χ3n) is 3.83. The molecule has 0 saturated heterocycles. The highest BCUT2D eigenvalue weighted by atomic mass is 32.1. The highest BCUT2D eigenvalue weighted by Gasteiger charge is 2.27. The van der Waals surface area contributed by atoms with Gasteiger partial charge in [0, 0.05) is 0 Å². The summed E-state index contributed by atoms with van der Waals surface area (Å²) in [6, 6.07) is 1.71. The van der Waals surface area contributed by atoms with Gasteiger partial charge in [-0.1, -0.05) is 13.8 Å². The molecule has 114 valence electrons. The number of rotatable bonds is 6. The number of hydrogen-bond acceptors (Lipinski definition) is 5. The molecule has 0 aromatic carbocycles. The molecule has 0 aliphatic carbocycles. The molecule has 1 amide bonds. The van der Waals surface area contributed by atoms with Crippen molar-refractivity contribution in [3.8, 4) is 0 Å². The topological polar surface area (TPSA) is 84.2 Å². The van der Waals surface area contributed by atoms with Crippen LogP contribution in [0.3, 0.4) is 0 Å². The third kappa shape index (κ3) is 3.14. The van der Waals surface area contributed by atoms with Crippen molar-refractivity contribution in [1.82, 2.24) is 14.9 Å². The Morgan fingerprint density at radius 2 is 2.19 bits per heavy atom. The summed E-state index contributed by atoms with van der Waals surface area (Å²) in [5.41, 5.74) is -0.848.